The van der Waals surface area contributed by atoms with Gasteiger partial charge in [-0.2, -0.15) is 18.4 Å². The lowest BCUT2D eigenvalue weighted by atomic mass is 10.0. The van der Waals surface area contributed by atoms with Gasteiger partial charge in [-0.05, 0) is 29.8 Å². The standard InChI is InChI=1S/C13H13F3N2O2S/c1-2-20-11(19)5-8-3-4-9(6-17)12(10(8)7-18)21-13(14,15)16/h3-4H,2,5-6,17H2,1H3. The molecule has 1 aromatic rings. The summed E-state index contributed by atoms with van der Waals surface area (Å²) in [4.78, 5) is 11.2. The molecule has 0 bridgehead atoms. The summed E-state index contributed by atoms with van der Waals surface area (Å²) in [6.45, 7) is 1.64. The first kappa shape index (κ1) is 17.3. The van der Waals surface area contributed by atoms with Crippen LogP contribution in [0.4, 0.5) is 13.2 Å². The number of alkyl halides is 3. The zero-order chi connectivity index (χ0) is 16.0. The highest BCUT2D eigenvalue weighted by Crippen LogP contribution is 2.41. The third-order valence-corrected chi connectivity index (χ3v) is 3.42. The molecule has 0 radical (unpaired) electrons. The van der Waals surface area contributed by atoms with Gasteiger partial charge in [0, 0.05) is 11.4 Å². The Hall–Kier alpha value is -1.72. The first-order valence-electron chi connectivity index (χ1n) is 5.98. The fourth-order valence-electron chi connectivity index (χ4n) is 1.70. The minimum atomic E-state index is -4.54. The van der Waals surface area contributed by atoms with Crippen molar-refractivity contribution in [2.75, 3.05) is 6.61 Å². The van der Waals surface area contributed by atoms with Gasteiger partial charge in [-0.3, -0.25) is 4.79 Å². The summed E-state index contributed by atoms with van der Waals surface area (Å²) in [5.74, 6) is -0.600. The van der Waals surface area contributed by atoms with Gasteiger partial charge in [-0.25, -0.2) is 0 Å². The normalized spacial score (nSPS) is 11.0. The van der Waals surface area contributed by atoms with Crippen LogP contribution in [0.3, 0.4) is 0 Å². The molecule has 114 valence electrons. The molecule has 21 heavy (non-hydrogen) atoms. The second kappa shape index (κ2) is 7.33. The summed E-state index contributed by atoms with van der Waals surface area (Å²) in [6.07, 6.45) is -0.257. The lowest BCUT2D eigenvalue weighted by Gasteiger charge is -2.14. The van der Waals surface area contributed by atoms with E-state index in [1.54, 1.807) is 13.0 Å². The number of hydrogen-bond acceptors (Lipinski definition) is 5. The van der Waals surface area contributed by atoms with E-state index in [4.69, 9.17) is 15.7 Å². The number of thioether (sulfide) groups is 1. The van der Waals surface area contributed by atoms with Crippen molar-refractivity contribution < 1.29 is 22.7 Å². The van der Waals surface area contributed by atoms with Gasteiger partial charge in [0.05, 0.1) is 18.6 Å². The van der Waals surface area contributed by atoms with Crippen LogP contribution in [0.1, 0.15) is 23.6 Å². The predicted octanol–water partition coefficient (Wildman–Crippen LogP) is 2.73. The van der Waals surface area contributed by atoms with Crippen molar-refractivity contribution in [2.24, 2.45) is 5.73 Å². The highest BCUT2D eigenvalue weighted by Gasteiger charge is 2.32. The van der Waals surface area contributed by atoms with Crippen molar-refractivity contribution in [3.63, 3.8) is 0 Å². The average molecular weight is 318 g/mol. The first-order valence-corrected chi connectivity index (χ1v) is 6.80. The zero-order valence-corrected chi connectivity index (χ0v) is 12.0. The molecule has 0 atom stereocenters. The summed E-state index contributed by atoms with van der Waals surface area (Å²) in [5.41, 5.74) is 1.08. The monoisotopic (exact) mass is 318 g/mol. The van der Waals surface area contributed by atoms with Crippen LogP contribution in [0.2, 0.25) is 0 Å². The van der Waals surface area contributed by atoms with E-state index < -0.39 is 23.2 Å². The highest BCUT2D eigenvalue weighted by atomic mass is 32.2. The number of rotatable bonds is 5. The van der Waals surface area contributed by atoms with Gasteiger partial charge in [0.2, 0.25) is 0 Å². The second-order valence-electron chi connectivity index (χ2n) is 3.93. The SMILES string of the molecule is CCOC(=O)Cc1ccc(CN)c(SC(F)(F)F)c1C#N. The van der Waals surface area contributed by atoms with E-state index in [1.165, 1.54) is 12.1 Å². The second-order valence-corrected chi connectivity index (χ2v) is 5.01. The molecular formula is C13H13F3N2O2S. The number of benzene rings is 1. The van der Waals surface area contributed by atoms with Gasteiger partial charge in [-0.1, -0.05) is 12.1 Å². The Morgan fingerprint density at radius 2 is 2.05 bits per heavy atom. The van der Waals surface area contributed by atoms with Gasteiger partial charge in [-0.15, -0.1) is 0 Å². The third kappa shape index (κ3) is 4.95. The van der Waals surface area contributed by atoms with Crippen molar-refractivity contribution in [3.05, 3.63) is 28.8 Å². The molecule has 1 aromatic carbocycles. The van der Waals surface area contributed by atoms with Crippen LogP contribution in [0.25, 0.3) is 0 Å². The summed E-state index contributed by atoms with van der Waals surface area (Å²) < 4.78 is 42.6. The molecule has 0 saturated heterocycles. The summed E-state index contributed by atoms with van der Waals surface area (Å²) in [7, 11) is 0. The number of nitrogens with zero attached hydrogens (tertiary/aromatic N) is 1. The van der Waals surface area contributed by atoms with Crippen molar-refractivity contribution in [3.8, 4) is 6.07 Å². The molecule has 0 heterocycles. The number of halogens is 3. The van der Waals surface area contributed by atoms with Gasteiger partial charge in [0.15, 0.2) is 0 Å². The fraction of sp³-hybridized carbons (Fsp3) is 0.385. The Kier molecular flexibility index (Phi) is 6.05. The van der Waals surface area contributed by atoms with Crippen LogP contribution < -0.4 is 5.73 Å². The molecule has 1 rings (SSSR count). The molecule has 0 unspecified atom stereocenters. The smallest absolute Gasteiger partial charge is 0.446 e. The Balaban J connectivity index is 3.26. The molecule has 4 nitrogen and oxygen atoms in total. The van der Waals surface area contributed by atoms with Crippen LogP contribution in [0.15, 0.2) is 17.0 Å². The average Bonchev–Trinajstić information content (AvgIpc) is 2.37. The van der Waals surface area contributed by atoms with Crippen LogP contribution in [-0.2, 0) is 22.5 Å². The summed E-state index contributed by atoms with van der Waals surface area (Å²) in [5, 5.41) is 9.14. The molecule has 0 aliphatic heterocycles. The van der Waals surface area contributed by atoms with Crippen molar-refractivity contribution >= 4 is 17.7 Å². The number of nitriles is 1. The molecular weight excluding hydrogens is 305 g/mol. The number of carbonyl (C=O) groups excluding carboxylic acids is 1. The summed E-state index contributed by atoms with van der Waals surface area (Å²) >= 11 is -0.397. The minimum Gasteiger partial charge on any atom is -0.466 e. The van der Waals surface area contributed by atoms with E-state index in [2.05, 4.69) is 0 Å². The molecule has 0 fully saturated rings. The Morgan fingerprint density at radius 1 is 1.43 bits per heavy atom. The lowest BCUT2D eigenvalue weighted by molar-refractivity contribution is -0.142. The van der Waals surface area contributed by atoms with Gasteiger partial charge >= 0.3 is 11.5 Å². The van der Waals surface area contributed by atoms with E-state index in [0.717, 1.165) is 0 Å². The molecule has 0 aromatic heterocycles. The van der Waals surface area contributed by atoms with Gasteiger partial charge < -0.3 is 10.5 Å². The molecule has 0 amide bonds. The number of nitrogens with two attached hydrogens (primary N) is 1. The van der Waals surface area contributed by atoms with E-state index >= 15 is 0 Å². The number of carbonyl (C=O) groups is 1. The number of ether oxygens (including phenoxy) is 1. The van der Waals surface area contributed by atoms with Crippen LogP contribution in [0.5, 0.6) is 0 Å². The van der Waals surface area contributed by atoms with Gasteiger partial charge in [0.25, 0.3) is 0 Å². The zero-order valence-electron chi connectivity index (χ0n) is 11.2. The predicted molar refractivity (Wildman–Crippen MR) is 71.3 cm³/mol. The van der Waals surface area contributed by atoms with E-state index in [9.17, 15) is 18.0 Å². The first-order chi connectivity index (χ1) is 9.82. The maximum absolute atomic E-state index is 12.6. The lowest BCUT2D eigenvalue weighted by Crippen LogP contribution is -2.12. The Morgan fingerprint density at radius 3 is 2.52 bits per heavy atom. The number of hydrogen-bond donors (Lipinski definition) is 1. The maximum atomic E-state index is 12.6. The van der Waals surface area contributed by atoms with E-state index in [-0.39, 0.29) is 41.2 Å². The Labute approximate surface area is 124 Å². The molecule has 8 heteroatoms. The van der Waals surface area contributed by atoms with E-state index in [0.29, 0.717) is 0 Å². The van der Waals surface area contributed by atoms with Crippen molar-refractivity contribution in [2.45, 2.75) is 30.3 Å². The topological polar surface area (TPSA) is 76.1 Å². The van der Waals surface area contributed by atoms with Crippen LogP contribution in [0, 0.1) is 11.3 Å². The Bertz CT molecular complexity index is 568. The number of esters is 1. The quantitative estimate of drug-likeness (QED) is 0.667. The molecule has 0 aliphatic carbocycles. The molecule has 0 spiro atoms. The van der Waals surface area contributed by atoms with Crippen LogP contribution in [-0.4, -0.2) is 18.1 Å². The minimum absolute atomic E-state index is 0.132. The van der Waals surface area contributed by atoms with Gasteiger partial charge in [0.1, 0.15) is 6.07 Å². The van der Waals surface area contributed by atoms with Crippen molar-refractivity contribution in [1.29, 1.82) is 5.26 Å². The summed E-state index contributed by atoms with van der Waals surface area (Å²) in [6, 6.07) is 4.55. The molecule has 2 N–H and O–H groups in total. The van der Waals surface area contributed by atoms with Crippen LogP contribution >= 0.6 is 11.8 Å². The largest absolute Gasteiger partial charge is 0.466 e. The highest BCUT2D eigenvalue weighted by molar-refractivity contribution is 8.00. The molecule has 0 aliphatic rings. The molecule has 0 saturated carbocycles. The maximum Gasteiger partial charge on any atom is 0.446 e. The fourth-order valence-corrected chi connectivity index (χ4v) is 2.49. The van der Waals surface area contributed by atoms with E-state index in [1.807, 2.05) is 0 Å². The van der Waals surface area contributed by atoms with Crippen molar-refractivity contribution in [1.82, 2.24) is 0 Å². The third-order valence-electron chi connectivity index (χ3n) is 2.52.